The van der Waals surface area contributed by atoms with Gasteiger partial charge < -0.3 is 4.74 Å². The maximum Gasteiger partial charge on any atom is 0.227 e. The quantitative estimate of drug-likeness (QED) is 0.672. The van der Waals surface area contributed by atoms with Crippen molar-refractivity contribution in [2.45, 2.75) is 6.92 Å². The van der Waals surface area contributed by atoms with Crippen LogP contribution in [0.25, 0.3) is 22.0 Å². The molecule has 0 spiro atoms. The maximum atomic E-state index is 11.8. The summed E-state index contributed by atoms with van der Waals surface area (Å²) in [6, 6.07) is 13.8. The van der Waals surface area contributed by atoms with E-state index in [2.05, 4.69) is 15.9 Å². The first-order valence-electron chi connectivity index (χ1n) is 6.56. The third-order valence-electron chi connectivity index (χ3n) is 3.51. The Hall–Kier alpha value is -2.07. The number of carbonyl (C=O) groups excluding carboxylic acids is 1. The van der Waals surface area contributed by atoms with Crippen LogP contribution in [0.2, 0.25) is 0 Å². The third-order valence-corrected chi connectivity index (χ3v) is 4.00. The highest BCUT2D eigenvalue weighted by atomic mass is 79.9. The molecule has 0 radical (unpaired) electrons. The second kappa shape index (κ2) is 5.37. The first-order valence-corrected chi connectivity index (χ1v) is 7.35. The van der Waals surface area contributed by atoms with Crippen LogP contribution in [0, 0.1) is 0 Å². The standard InChI is InChI=1S/C17H14BrNO2/c1-11(20)19-10-16(12-3-6-14(21-2)7-4-12)15-9-13(18)5-8-17(15)19/h3-10H,1-2H3. The van der Waals surface area contributed by atoms with Crippen molar-refractivity contribution in [1.82, 2.24) is 4.57 Å². The smallest absolute Gasteiger partial charge is 0.227 e. The van der Waals surface area contributed by atoms with Gasteiger partial charge in [-0.05, 0) is 35.9 Å². The molecule has 1 heterocycles. The van der Waals surface area contributed by atoms with E-state index < -0.39 is 0 Å². The first kappa shape index (κ1) is 13.9. The topological polar surface area (TPSA) is 31.2 Å². The van der Waals surface area contributed by atoms with Crippen LogP contribution in [-0.4, -0.2) is 17.6 Å². The molecule has 0 unspecified atom stereocenters. The lowest BCUT2D eigenvalue weighted by Crippen LogP contribution is -2.02. The van der Waals surface area contributed by atoms with Gasteiger partial charge in [0.15, 0.2) is 0 Å². The summed E-state index contributed by atoms with van der Waals surface area (Å²) in [7, 11) is 1.65. The molecule has 3 aromatic rings. The van der Waals surface area contributed by atoms with Crippen molar-refractivity contribution in [2.24, 2.45) is 0 Å². The lowest BCUT2D eigenvalue weighted by Gasteiger charge is -2.02. The number of ether oxygens (including phenoxy) is 1. The minimum atomic E-state index is 0.00193. The van der Waals surface area contributed by atoms with Gasteiger partial charge in [0.2, 0.25) is 5.91 Å². The molecule has 106 valence electrons. The minimum absolute atomic E-state index is 0.00193. The Labute approximate surface area is 131 Å². The van der Waals surface area contributed by atoms with Crippen molar-refractivity contribution < 1.29 is 9.53 Å². The van der Waals surface area contributed by atoms with Crippen molar-refractivity contribution in [3.63, 3.8) is 0 Å². The average molecular weight is 344 g/mol. The van der Waals surface area contributed by atoms with Crippen molar-refractivity contribution in [2.75, 3.05) is 7.11 Å². The van der Waals surface area contributed by atoms with Gasteiger partial charge in [-0.25, -0.2) is 0 Å². The summed E-state index contributed by atoms with van der Waals surface area (Å²) in [5, 5.41) is 1.05. The molecule has 0 saturated heterocycles. The van der Waals surface area contributed by atoms with Gasteiger partial charge in [0.05, 0.1) is 12.6 Å². The number of nitrogens with zero attached hydrogens (tertiary/aromatic N) is 1. The number of methoxy groups -OCH3 is 1. The normalized spacial score (nSPS) is 10.8. The number of carbonyl (C=O) groups is 1. The number of rotatable bonds is 2. The largest absolute Gasteiger partial charge is 0.497 e. The molecule has 0 amide bonds. The van der Waals surface area contributed by atoms with Crippen molar-refractivity contribution in [1.29, 1.82) is 0 Å². The summed E-state index contributed by atoms with van der Waals surface area (Å²) in [5.41, 5.74) is 3.00. The second-order valence-corrected chi connectivity index (χ2v) is 5.74. The number of fused-ring (bicyclic) bond motifs is 1. The predicted molar refractivity (Wildman–Crippen MR) is 87.9 cm³/mol. The Morgan fingerprint density at radius 3 is 2.48 bits per heavy atom. The van der Waals surface area contributed by atoms with E-state index in [1.807, 2.05) is 48.7 Å². The molecule has 0 saturated carbocycles. The number of halogens is 1. The minimum Gasteiger partial charge on any atom is -0.497 e. The number of hydrogen-bond donors (Lipinski definition) is 0. The van der Waals surface area contributed by atoms with E-state index in [1.165, 1.54) is 0 Å². The SMILES string of the molecule is COc1ccc(-c2cn(C(C)=O)c3ccc(Br)cc23)cc1. The van der Waals surface area contributed by atoms with Crippen LogP contribution >= 0.6 is 15.9 Å². The molecular weight excluding hydrogens is 330 g/mol. The maximum absolute atomic E-state index is 11.8. The molecule has 1 aromatic heterocycles. The summed E-state index contributed by atoms with van der Waals surface area (Å²) in [4.78, 5) is 11.8. The van der Waals surface area contributed by atoms with Gasteiger partial charge >= 0.3 is 0 Å². The fourth-order valence-corrected chi connectivity index (χ4v) is 2.82. The molecule has 0 aliphatic heterocycles. The molecule has 4 heteroatoms. The molecule has 0 aliphatic carbocycles. The summed E-state index contributed by atoms with van der Waals surface area (Å²) in [5.74, 6) is 0.817. The van der Waals surface area contributed by atoms with Crippen LogP contribution in [0.5, 0.6) is 5.75 Å². The highest BCUT2D eigenvalue weighted by molar-refractivity contribution is 9.10. The number of aromatic nitrogens is 1. The molecule has 3 nitrogen and oxygen atoms in total. The van der Waals surface area contributed by atoms with Gasteiger partial charge in [-0.3, -0.25) is 9.36 Å². The van der Waals surface area contributed by atoms with Gasteiger partial charge in [0.25, 0.3) is 0 Å². The van der Waals surface area contributed by atoms with E-state index in [9.17, 15) is 4.79 Å². The summed E-state index contributed by atoms with van der Waals surface area (Å²) < 4.78 is 7.86. The molecule has 21 heavy (non-hydrogen) atoms. The first-order chi connectivity index (χ1) is 10.1. The Kier molecular flexibility index (Phi) is 3.55. The Balaban J connectivity index is 2.25. The highest BCUT2D eigenvalue weighted by Gasteiger charge is 2.13. The van der Waals surface area contributed by atoms with Gasteiger partial charge in [-0.15, -0.1) is 0 Å². The molecule has 0 atom stereocenters. The lowest BCUT2D eigenvalue weighted by atomic mass is 10.0. The highest BCUT2D eigenvalue weighted by Crippen LogP contribution is 2.33. The summed E-state index contributed by atoms with van der Waals surface area (Å²) in [6.07, 6.45) is 1.89. The van der Waals surface area contributed by atoms with Gasteiger partial charge in [0, 0.05) is 28.5 Å². The van der Waals surface area contributed by atoms with Crippen LogP contribution in [0.3, 0.4) is 0 Å². The Morgan fingerprint density at radius 2 is 1.86 bits per heavy atom. The zero-order chi connectivity index (χ0) is 15.0. The van der Waals surface area contributed by atoms with Crippen LogP contribution < -0.4 is 4.74 Å². The molecule has 0 N–H and O–H groups in total. The van der Waals surface area contributed by atoms with E-state index in [0.29, 0.717) is 0 Å². The monoisotopic (exact) mass is 343 g/mol. The van der Waals surface area contributed by atoms with Gasteiger partial charge in [-0.2, -0.15) is 0 Å². The number of benzene rings is 2. The zero-order valence-corrected chi connectivity index (χ0v) is 13.3. The van der Waals surface area contributed by atoms with E-state index in [0.717, 1.165) is 32.3 Å². The summed E-state index contributed by atoms with van der Waals surface area (Å²) >= 11 is 3.49. The molecule has 2 aromatic carbocycles. The van der Waals surface area contributed by atoms with E-state index in [-0.39, 0.29) is 5.91 Å². The predicted octanol–water partition coefficient (Wildman–Crippen LogP) is 4.74. The van der Waals surface area contributed by atoms with Crippen molar-refractivity contribution >= 4 is 32.7 Å². The summed E-state index contributed by atoms with van der Waals surface area (Å²) in [6.45, 7) is 1.57. The average Bonchev–Trinajstić information content (AvgIpc) is 2.86. The van der Waals surface area contributed by atoms with E-state index in [4.69, 9.17) is 4.74 Å². The van der Waals surface area contributed by atoms with Crippen LogP contribution in [0.15, 0.2) is 53.1 Å². The van der Waals surface area contributed by atoms with Crippen LogP contribution in [0.4, 0.5) is 0 Å². The second-order valence-electron chi connectivity index (χ2n) is 4.82. The Morgan fingerprint density at radius 1 is 1.14 bits per heavy atom. The van der Waals surface area contributed by atoms with E-state index in [1.54, 1.807) is 18.6 Å². The van der Waals surface area contributed by atoms with Gasteiger partial charge in [0.1, 0.15) is 5.75 Å². The Bertz CT molecular complexity index is 819. The van der Waals surface area contributed by atoms with Crippen molar-refractivity contribution in [3.8, 4) is 16.9 Å². The van der Waals surface area contributed by atoms with Crippen molar-refractivity contribution in [3.05, 3.63) is 53.1 Å². The zero-order valence-electron chi connectivity index (χ0n) is 11.8. The molecule has 0 aliphatic rings. The molecular formula is C17H14BrNO2. The van der Waals surface area contributed by atoms with Crippen LogP contribution in [0.1, 0.15) is 11.7 Å². The number of hydrogen-bond acceptors (Lipinski definition) is 2. The molecule has 3 rings (SSSR count). The lowest BCUT2D eigenvalue weighted by molar-refractivity contribution is 0.0942. The molecule has 0 bridgehead atoms. The van der Waals surface area contributed by atoms with Crippen LogP contribution in [-0.2, 0) is 0 Å². The molecule has 0 fully saturated rings. The van der Waals surface area contributed by atoms with Gasteiger partial charge in [-0.1, -0.05) is 28.1 Å². The van der Waals surface area contributed by atoms with E-state index >= 15 is 0 Å². The third kappa shape index (κ3) is 2.47. The fourth-order valence-electron chi connectivity index (χ4n) is 2.46. The fraction of sp³-hybridized carbons (Fsp3) is 0.118.